The summed E-state index contributed by atoms with van der Waals surface area (Å²) in [5, 5.41) is 6.25. The van der Waals surface area contributed by atoms with E-state index in [1.165, 1.54) is 22.6 Å². The standard InChI is InChI=1S/C24H29N5O4/c1-4-32-21-20(23(30)26-19-13-25-33-15-19)27-22(28(3)24(21)31)18-11-8-12-29(14-18)16(2)17-9-6-5-7-10-17/h5-7,9-10,13,15-16,18H,4,8,11-12,14H2,1-3H3,(H,26,30). The maximum atomic E-state index is 13.2. The third kappa shape index (κ3) is 4.83. The van der Waals surface area contributed by atoms with Crippen LogP contribution in [0, 0.1) is 0 Å². The number of aromatic nitrogens is 3. The molecule has 3 aromatic rings. The highest BCUT2D eigenvalue weighted by atomic mass is 16.5. The first-order valence-corrected chi connectivity index (χ1v) is 11.2. The first-order valence-electron chi connectivity index (χ1n) is 11.2. The van der Waals surface area contributed by atoms with Crippen molar-refractivity contribution in [1.29, 1.82) is 0 Å². The molecule has 1 aliphatic rings. The summed E-state index contributed by atoms with van der Waals surface area (Å²) in [4.78, 5) is 33.2. The number of amides is 1. The van der Waals surface area contributed by atoms with Crippen LogP contribution in [0.2, 0.25) is 0 Å². The van der Waals surface area contributed by atoms with E-state index < -0.39 is 5.91 Å². The first kappa shape index (κ1) is 22.7. The second-order valence-corrected chi connectivity index (χ2v) is 8.23. The zero-order valence-corrected chi connectivity index (χ0v) is 19.2. The van der Waals surface area contributed by atoms with Gasteiger partial charge in [-0.25, -0.2) is 4.98 Å². The van der Waals surface area contributed by atoms with Crippen LogP contribution in [0.3, 0.4) is 0 Å². The Bertz CT molecular complexity index is 1140. The summed E-state index contributed by atoms with van der Waals surface area (Å²) in [6, 6.07) is 10.6. The average molecular weight is 452 g/mol. The van der Waals surface area contributed by atoms with Crippen molar-refractivity contribution in [3.8, 4) is 5.75 Å². The van der Waals surface area contributed by atoms with Crippen molar-refractivity contribution in [3.05, 3.63) is 70.2 Å². The molecule has 2 atom stereocenters. The molecular formula is C24H29N5O4. The molecule has 9 nitrogen and oxygen atoms in total. The molecule has 1 amide bonds. The number of carbonyl (C=O) groups is 1. The van der Waals surface area contributed by atoms with Gasteiger partial charge < -0.3 is 14.6 Å². The number of likely N-dealkylation sites (tertiary alicyclic amines) is 1. The average Bonchev–Trinajstić information content (AvgIpc) is 3.35. The van der Waals surface area contributed by atoms with Gasteiger partial charge in [-0.1, -0.05) is 35.5 Å². The van der Waals surface area contributed by atoms with Gasteiger partial charge in [0.2, 0.25) is 5.75 Å². The lowest BCUT2D eigenvalue weighted by Crippen LogP contribution is -2.39. The SMILES string of the molecule is CCOc1c(C(=O)Nc2cnoc2)nc(C2CCCN(C(C)c3ccccc3)C2)n(C)c1=O. The number of carbonyl (C=O) groups excluding carboxylic acids is 1. The first-order chi connectivity index (χ1) is 16.0. The van der Waals surface area contributed by atoms with Crippen molar-refractivity contribution in [2.24, 2.45) is 7.05 Å². The highest BCUT2D eigenvalue weighted by molar-refractivity contribution is 6.04. The van der Waals surface area contributed by atoms with Gasteiger partial charge in [-0.2, -0.15) is 0 Å². The zero-order chi connectivity index (χ0) is 23.4. The molecule has 1 N–H and O–H groups in total. The van der Waals surface area contributed by atoms with Crippen LogP contribution in [0.5, 0.6) is 5.75 Å². The second kappa shape index (κ2) is 9.99. The molecule has 174 valence electrons. The third-order valence-electron chi connectivity index (χ3n) is 6.13. The summed E-state index contributed by atoms with van der Waals surface area (Å²) in [5.41, 5.74) is 1.24. The molecule has 9 heteroatoms. The Morgan fingerprint density at radius 2 is 2.12 bits per heavy atom. The van der Waals surface area contributed by atoms with Crippen LogP contribution < -0.4 is 15.6 Å². The summed E-state index contributed by atoms with van der Waals surface area (Å²) in [5.74, 6) is 0.0123. The van der Waals surface area contributed by atoms with Crippen LogP contribution >= 0.6 is 0 Å². The maximum Gasteiger partial charge on any atom is 0.296 e. The number of nitrogens with one attached hydrogen (secondary N) is 1. The molecule has 0 radical (unpaired) electrons. The van der Waals surface area contributed by atoms with Gasteiger partial charge in [0.1, 0.15) is 17.8 Å². The smallest absolute Gasteiger partial charge is 0.296 e. The van der Waals surface area contributed by atoms with Crippen molar-refractivity contribution in [3.63, 3.8) is 0 Å². The number of anilines is 1. The lowest BCUT2D eigenvalue weighted by molar-refractivity contribution is 0.101. The fourth-order valence-electron chi connectivity index (χ4n) is 4.36. The number of ether oxygens (including phenoxy) is 1. The van der Waals surface area contributed by atoms with Gasteiger partial charge in [0.15, 0.2) is 5.69 Å². The number of hydrogen-bond donors (Lipinski definition) is 1. The van der Waals surface area contributed by atoms with Crippen molar-refractivity contribution in [2.45, 2.75) is 38.6 Å². The Labute approximate surface area is 192 Å². The molecule has 1 saturated heterocycles. The molecule has 33 heavy (non-hydrogen) atoms. The van der Waals surface area contributed by atoms with E-state index in [1.54, 1.807) is 14.0 Å². The minimum absolute atomic E-state index is 0.0143. The molecule has 0 bridgehead atoms. The Morgan fingerprint density at radius 1 is 1.33 bits per heavy atom. The van der Waals surface area contributed by atoms with Crippen LogP contribution in [0.25, 0.3) is 0 Å². The highest BCUT2D eigenvalue weighted by Crippen LogP contribution is 2.31. The fraction of sp³-hybridized carbons (Fsp3) is 0.417. The van der Waals surface area contributed by atoms with Crippen molar-refractivity contribution in [1.82, 2.24) is 19.6 Å². The molecule has 2 aromatic heterocycles. The molecule has 0 aliphatic carbocycles. The molecule has 1 aromatic carbocycles. The third-order valence-corrected chi connectivity index (χ3v) is 6.13. The van der Waals surface area contributed by atoms with Crippen molar-refractivity contribution in [2.75, 3.05) is 25.0 Å². The summed E-state index contributed by atoms with van der Waals surface area (Å²) in [6.07, 6.45) is 4.56. The number of benzene rings is 1. The van der Waals surface area contributed by atoms with Gasteiger partial charge in [0.05, 0.1) is 12.8 Å². The Balaban J connectivity index is 1.65. The Kier molecular flexibility index (Phi) is 6.88. The number of hydrogen-bond acceptors (Lipinski definition) is 7. The minimum Gasteiger partial charge on any atom is -0.486 e. The van der Waals surface area contributed by atoms with Crippen molar-refractivity contribution >= 4 is 11.6 Å². The van der Waals surface area contributed by atoms with E-state index in [0.29, 0.717) is 11.5 Å². The van der Waals surface area contributed by atoms with Gasteiger partial charge in [-0.05, 0) is 38.8 Å². The van der Waals surface area contributed by atoms with Crippen LogP contribution in [0.15, 0.2) is 52.1 Å². The maximum absolute atomic E-state index is 13.2. The normalized spacial score (nSPS) is 17.5. The summed E-state index contributed by atoms with van der Waals surface area (Å²) < 4.78 is 11.8. The van der Waals surface area contributed by atoms with Gasteiger partial charge >= 0.3 is 0 Å². The molecule has 3 heterocycles. The molecule has 0 saturated carbocycles. The Hall–Kier alpha value is -3.46. The van der Waals surface area contributed by atoms with Gasteiger partial charge in [0, 0.05) is 25.6 Å². The van der Waals surface area contributed by atoms with Crippen LogP contribution in [-0.2, 0) is 7.05 Å². The molecule has 0 spiro atoms. The van der Waals surface area contributed by atoms with Crippen LogP contribution in [-0.4, -0.2) is 45.2 Å². The van der Waals surface area contributed by atoms with E-state index in [2.05, 4.69) is 39.4 Å². The van der Waals surface area contributed by atoms with E-state index >= 15 is 0 Å². The van der Waals surface area contributed by atoms with Gasteiger partial charge in [0.25, 0.3) is 11.5 Å². The van der Waals surface area contributed by atoms with Gasteiger partial charge in [-0.15, -0.1) is 0 Å². The highest BCUT2D eigenvalue weighted by Gasteiger charge is 2.30. The summed E-state index contributed by atoms with van der Waals surface area (Å²) >= 11 is 0. The lowest BCUT2D eigenvalue weighted by atomic mass is 9.94. The second-order valence-electron chi connectivity index (χ2n) is 8.23. The van der Waals surface area contributed by atoms with E-state index in [9.17, 15) is 9.59 Å². The van der Waals surface area contributed by atoms with Crippen LogP contribution in [0.4, 0.5) is 5.69 Å². The molecule has 1 fully saturated rings. The molecular weight excluding hydrogens is 422 g/mol. The van der Waals surface area contributed by atoms with E-state index in [-0.39, 0.29) is 35.6 Å². The number of nitrogens with zero attached hydrogens (tertiary/aromatic N) is 4. The molecule has 2 unspecified atom stereocenters. The summed E-state index contributed by atoms with van der Waals surface area (Å²) in [6.45, 7) is 5.92. The quantitative estimate of drug-likeness (QED) is 0.588. The topological polar surface area (TPSA) is 102 Å². The lowest BCUT2D eigenvalue weighted by Gasteiger charge is -2.37. The van der Waals surface area contributed by atoms with E-state index in [4.69, 9.17) is 9.26 Å². The zero-order valence-electron chi connectivity index (χ0n) is 19.2. The minimum atomic E-state index is -0.536. The van der Waals surface area contributed by atoms with E-state index in [0.717, 1.165) is 25.9 Å². The fourth-order valence-corrected chi connectivity index (χ4v) is 4.36. The number of piperidine rings is 1. The molecule has 1 aliphatic heterocycles. The Morgan fingerprint density at radius 3 is 2.82 bits per heavy atom. The summed E-state index contributed by atoms with van der Waals surface area (Å²) in [7, 11) is 1.69. The van der Waals surface area contributed by atoms with Gasteiger partial charge in [-0.3, -0.25) is 19.1 Å². The monoisotopic (exact) mass is 451 g/mol. The predicted molar refractivity (Wildman–Crippen MR) is 124 cm³/mol. The van der Waals surface area contributed by atoms with Crippen LogP contribution in [0.1, 0.15) is 60.5 Å². The van der Waals surface area contributed by atoms with E-state index in [1.807, 2.05) is 18.2 Å². The predicted octanol–water partition coefficient (Wildman–Crippen LogP) is 3.36. The number of rotatable bonds is 7. The largest absolute Gasteiger partial charge is 0.486 e. The molecule has 4 rings (SSSR count). The van der Waals surface area contributed by atoms with Crippen molar-refractivity contribution < 1.29 is 14.1 Å².